The van der Waals surface area contributed by atoms with E-state index in [4.69, 9.17) is 12.2 Å². The van der Waals surface area contributed by atoms with Crippen molar-refractivity contribution in [3.63, 3.8) is 0 Å². The third-order valence-corrected chi connectivity index (χ3v) is 5.09. The maximum atomic E-state index is 4.91. The lowest BCUT2D eigenvalue weighted by atomic mass is 10.0. The summed E-state index contributed by atoms with van der Waals surface area (Å²) in [6.07, 6.45) is 6.42. The molecule has 0 bridgehead atoms. The Morgan fingerprint density at radius 1 is 1.12 bits per heavy atom. The second kappa shape index (κ2) is 11.5. The van der Waals surface area contributed by atoms with Crippen molar-refractivity contribution in [3.8, 4) is 11.8 Å². The molecule has 2 aromatic rings. The zero-order valence-corrected chi connectivity index (χ0v) is 16.8. The van der Waals surface area contributed by atoms with Crippen LogP contribution in [-0.2, 0) is 6.42 Å². The molecule has 0 aromatic heterocycles. The van der Waals surface area contributed by atoms with E-state index in [-0.39, 0.29) is 0 Å². The zero-order chi connectivity index (χ0) is 18.6. The highest BCUT2D eigenvalue weighted by molar-refractivity contribution is 7.99. The van der Waals surface area contributed by atoms with Crippen LogP contribution in [0.25, 0.3) is 0 Å². The third-order valence-electron chi connectivity index (χ3n) is 3.90. The van der Waals surface area contributed by atoms with Gasteiger partial charge >= 0.3 is 0 Å². The second-order valence-corrected chi connectivity index (χ2v) is 7.06. The highest BCUT2D eigenvalue weighted by Crippen LogP contribution is 2.34. The van der Waals surface area contributed by atoms with Crippen LogP contribution < -0.4 is 0 Å². The molecular weight excluding hydrogens is 354 g/mol. The first-order valence-corrected chi connectivity index (χ1v) is 10.2. The van der Waals surface area contributed by atoms with Gasteiger partial charge in [0.2, 0.25) is 0 Å². The fourth-order valence-electron chi connectivity index (χ4n) is 2.63. The van der Waals surface area contributed by atoms with Gasteiger partial charge in [0.1, 0.15) is 0 Å². The van der Waals surface area contributed by atoms with Crippen molar-refractivity contribution in [2.24, 2.45) is 4.99 Å². The minimum Gasteiger partial charge on any atom is -0.193 e. The van der Waals surface area contributed by atoms with Gasteiger partial charge in [-0.25, -0.2) is 0 Å². The van der Waals surface area contributed by atoms with Crippen LogP contribution in [0, 0.1) is 11.8 Å². The number of nitrogens with zero attached hydrogens (tertiary/aromatic N) is 1. The van der Waals surface area contributed by atoms with Gasteiger partial charge in [-0.15, -0.1) is 18.3 Å². The summed E-state index contributed by atoms with van der Waals surface area (Å²) in [5, 5.41) is 2.55. The summed E-state index contributed by atoms with van der Waals surface area (Å²) in [5.74, 6) is 7.36. The Labute approximate surface area is 166 Å². The summed E-state index contributed by atoms with van der Waals surface area (Å²) in [4.78, 5) is 5.62. The van der Waals surface area contributed by atoms with Crippen molar-refractivity contribution in [1.82, 2.24) is 0 Å². The molecule has 3 heteroatoms. The van der Waals surface area contributed by atoms with E-state index in [0.29, 0.717) is 0 Å². The van der Waals surface area contributed by atoms with E-state index in [1.54, 1.807) is 11.8 Å². The molecule has 0 aliphatic carbocycles. The van der Waals surface area contributed by atoms with Gasteiger partial charge < -0.3 is 0 Å². The largest absolute Gasteiger partial charge is 0.193 e. The highest BCUT2D eigenvalue weighted by Gasteiger charge is 2.12. The molecular formula is C23H23NS2. The summed E-state index contributed by atoms with van der Waals surface area (Å²) in [6.45, 7) is 6.04. The van der Waals surface area contributed by atoms with Gasteiger partial charge in [0.25, 0.3) is 0 Å². The molecule has 132 valence electrons. The molecule has 1 nitrogen and oxygen atoms in total. The first-order valence-electron chi connectivity index (χ1n) is 8.84. The number of unbranched alkanes of at least 4 members (excludes halogenated alkanes) is 2. The molecule has 0 aliphatic rings. The minimum absolute atomic E-state index is 0.869. The number of benzene rings is 2. The molecule has 2 aromatic carbocycles. The summed E-state index contributed by atoms with van der Waals surface area (Å²) in [5.41, 5.74) is 3.99. The van der Waals surface area contributed by atoms with Crippen molar-refractivity contribution in [1.29, 1.82) is 0 Å². The predicted octanol–water partition coefficient (Wildman–Crippen LogP) is 6.83. The molecule has 0 fully saturated rings. The Balaban J connectivity index is 2.47. The number of isothiocyanates is 1. The average molecular weight is 378 g/mol. The molecule has 0 radical (unpaired) electrons. The molecule has 0 saturated carbocycles. The van der Waals surface area contributed by atoms with Crippen LogP contribution in [0.1, 0.15) is 42.9 Å². The Morgan fingerprint density at radius 3 is 2.62 bits per heavy atom. The number of thioether (sulfide) groups is 1. The lowest BCUT2D eigenvalue weighted by Crippen LogP contribution is -1.94. The quantitative estimate of drug-likeness (QED) is 0.125. The maximum Gasteiger partial charge on any atom is 0.0939 e. The summed E-state index contributed by atoms with van der Waals surface area (Å²) in [7, 11) is 0. The van der Waals surface area contributed by atoms with Gasteiger partial charge in [0.15, 0.2) is 0 Å². The number of thiocarbonyl (C=S) groups is 1. The van der Waals surface area contributed by atoms with Crippen LogP contribution >= 0.6 is 24.0 Å². The topological polar surface area (TPSA) is 12.4 Å². The molecule has 0 atom stereocenters. The molecule has 0 aliphatic heterocycles. The minimum atomic E-state index is 0.869. The van der Waals surface area contributed by atoms with E-state index in [1.807, 2.05) is 42.5 Å². The van der Waals surface area contributed by atoms with E-state index < -0.39 is 0 Å². The highest BCUT2D eigenvalue weighted by atomic mass is 32.2. The lowest BCUT2D eigenvalue weighted by Gasteiger charge is -2.13. The smallest absolute Gasteiger partial charge is 0.0939 e. The van der Waals surface area contributed by atoms with Crippen LogP contribution in [0.3, 0.4) is 0 Å². The fourth-order valence-corrected chi connectivity index (χ4v) is 3.56. The first-order chi connectivity index (χ1) is 12.8. The molecule has 26 heavy (non-hydrogen) atoms. The molecule has 0 saturated heterocycles. The standard InChI is InChI=1S/C23H23NS2/c1-3-5-7-12-21-22(26-17-4-2)16-15-20(23(21)24-18-25)14-13-19-10-8-6-9-11-19/h4,6,8-11,15-16H,2-3,5,7,12,17H2,1H3. The van der Waals surface area contributed by atoms with Crippen molar-refractivity contribution in [2.75, 3.05) is 5.75 Å². The molecule has 0 amide bonds. The van der Waals surface area contributed by atoms with E-state index >= 15 is 0 Å². The summed E-state index contributed by atoms with van der Waals surface area (Å²) < 4.78 is 0. The molecule has 0 heterocycles. The van der Waals surface area contributed by atoms with Gasteiger partial charge in [0.05, 0.1) is 16.4 Å². The van der Waals surface area contributed by atoms with Crippen LogP contribution in [0.5, 0.6) is 0 Å². The Morgan fingerprint density at radius 2 is 1.92 bits per heavy atom. The predicted molar refractivity (Wildman–Crippen MR) is 118 cm³/mol. The lowest BCUT2D eigenvalue weighted by molar-refractivity contribution is 0.712. The van der Waals surface area contributed by atoms with E-state index in [0.717, 1.165) is 35.4 Å². The number of hydrogen-bond donors (Lipinski definition) is 0. The molecule has 2 rings (SSSR count). The Bertz CT molecular complexity index is 838. The summed E-state index contributed by atoms with van der Waals surface area (Å²) >= 11 is 6.69. The van der Waals surface area contributed by atoms with Gasteiger partial charge in [-0.3, -0.25) is 0 Å². The Hall–Kier alpha value is -2.11. The first kappa shape index (κ1) is 20.2. The molecule has 0 spiro atoms. The molecule has 0 unspecified atom stereocenters. The van der Waals surface area contributed by atoms with Crippen molar-refractivity contribution in [3.05, 3.63) is 71.8 Å². The zero-order valence-electron chi connectivity index (χ0n) is 15.1. The average Bonchev–Trinajstić information content (AvgIpc) is 2.68. The van der Waals surface area contributed by atoms with Crippen LogP contribution in [0.15, 0.2) is 65.0 Å². The maximum absolute atomic E-state index is 4.91. The fraction of sp³-hybridized carbons (Fsp3) is 0.261. The van der Waals surface area contributed by atoms with Crippen LogP contribution in [0.2, 0.25) is 0 Å². The van der Waals surface area contributed by atoms with Crippen molar-refractivity contribution in [2.45, 2.75) is 37.5 Å². The third kappa shape index (κ3) is 6.00. The van der Waals surface area contributed by atoms with Crippen LogP contribution in [0.4, 0.5) is 5.69 Å². The second-order valence-electron chi connectivity index (χ2n) is 5.81. The van der Waals surface area contributed by atoms with Crippen LogP contribution in [-0.4, -0.2) is 10.9 Å². The SMILES string of the molecule is C=CCSc1ccc(C#Cc2ccccc2)c(N=C=S)c1CCCCC. The van der Waals surface area contributed by atoms with Gasteiger partial charge in [-0.1, -0.05) is 55.9 Å². The van der Waals surface area contributed by atoms with Gasteiger partial charge in [-0.05, 0) is 54.9 Å². The van der Waals surface area contributed by atoms with Crippen molar-refractivity contribution >= 4 is 34.8 Å². The summed E-state index contributed by atoms with van der Waals surface area (Å²) in [6, 6.07) is 14.2. The van der Waals surface area contributed by atoms with Gasteiger partial charge in [-0.2, -0.15) is 4.99 Å². The van der Waals surface area contributed by atoms with Crippen molar-refractivity contribution < 1.29 is 0 Å². The number of rotatable bonds is 8. The van der Waals surface area contributed by atoms with E-state index in [9.17, 15) is 0 Å². The number of aliphatic imine (C=N–C) groups is 1. The van der Waals surface area contributed by atoms with E-state index in [1.165, 1.54) is 23.3 Å². The normalized spacial score (nSPS) is 9.73. The molecule has 0 N–H and O–H groups in total. The van der Waals surface area contributed by atoms with E-state index in [2.05, 4.69) is 41.6 Å². The number of hydrogen-bond acceptors (Lipinski definition) is 3. The Kier molecular flexibility index (Phi) is 8.93. The monoisotopic (exact) mass is 377 g/mol. The van der Waals surface area contributed by atoms with Gasteiger partial charge in [0, 0.05) is 16.2 Å².